The van der Waals surface area contributed by atoms with Crippen LogP contribution in [0.4, 0.5) is 4.39 Å². The molecule has 0 radical (unpaired) electrons. The van der Waals surface area contributed by atoms with E-state index in [-0.39, 0.29) is 0 Å². The summed E-state index contributed by atoms with van der Waals surface area (Å²) in [5.41, 5.74) is 5.00. The molecule has 2 aromatic carbocycles. The minimum Gasteiger partial charge on any atom is -0.496 e. The number of rotatable bonds is 3. The quantitative estimate of drug-likeness (QED) is 0.503. The van der Waals surface area contributed by atoms with E-state index in [9.17, 15) is 4.39 Å². The molecule has 142 valence electrons. The minimum absolute atomic E-state index is 0.327. The standard InChI is InChI=1S/C23H16FN3O2/c1-28-20-5-2-4-18(24)21(20)23-17-10-14(19-6-3-9-29-19)7-8-16(17)22-15(12-26-23)11-25-13-27-22/h2-11,13H,12H2,1H3. The summed E-state index contributed by atoms with van der Waals surface area (Å²) < 4.78 is 25.9. The van der Waals surface area contributed by atoms with Crippen molar-refractivity contribution in [1.29, 1.82) is 0 Å². The third-order valence-corrected chi connectivity index (χ3v) is 4.96. The lowest BCUT2D eigenvalue weighted by molar-refractivity contribution is 0.410. The van der Waals surface area contributed by atoms with Gasteiger partial charge in [-0.25, -0.2) is 14.4 Å². The van der Waals surface area contributed by atoms with E-state index in [1.165, 1.54) is 19.5 Å². The zero-order chi connectivity index (χ0) is 19.8. The fraction of sp³-hybridized carbons (Fsp3) is 0.0870. The fourth-order valence-corrected chi connectivity index (χ4v) is 3.63. The first-order valence-electron chi connectivity index (χ1n) is 9.11. The molecule has 0 aliphatic carbocycles. The summed E-state index contributed by atoms with van der Waals surface area (Å²) in [5.74, 6) is 0.754. The zero-order valence-corrected chi connectivity index (χ0v) is 15.6. The SMILES string of the molecule is COc1cccc(F)c1C1=NCc2cncnc2-c2ccc(-c3ccco3)cc21. The second-order valence-corrected chi connectivity index (χ2v) is 6.62. The molecule has 0 fully saturated rings. The van der Waals surface area contributed by atoms with Crippen LogP contribution in [0, 0.1) is 5.82 Å². The third-order valence-electron chi connectivity index (χ3n) is 4.96. The molecular weight excluding hydrogens is 369 g/mol. The van der Waals surface area contributed by atoms with E-state index in [2.05, 4.69) is 9.97 Å². The van der Waals surface area contributed by atoms with Crippen molar-refractivity contribution in [3.8, 4) is 28.3 Å². The first-order valence-corrected chi connectivity index (χ1v) is 9.11. The van der Waals surface area contributed by atoms with Crippen LogP contribution in [0.2, 0.25) is 0 Å². The Bertz CT molecular complexity index is 1230. The monoisotopic (exact) mass is 385 g/mol. The number of hydrogen-bond donors (Lipinski definition) is 0. The van der Waals surface area contributed by atoms with E-state index in [1.807, 2.05) is 30.3 Å². The van der Waals surface area contributed by atoms with E-state index >= 15 is 0 Å². The molecule has 0 bridgehead atoms. The normalized spacial score (nSPS) is 12.6. The van der Waals surface area contributed by atoms with Crippen molar-refractivity contribution in [3.05, 3.63) is 89.8 Å². The van der Waals surface area contributed by atoms with E-state index < -0.39 is 5.82 Å². The zero-order valence-electron chi connectivity index (χ0n) is 15.6. The highest BCUT2D eigenvalue weighted by atomic mass is 19.1. The Labute approximate surface area is 166 Å². The maximum atomic E-state index is 14.9. The van der Waals surface area contributed by atoms with Crippen molar-refractivity contribution >= 4 is 5.71 Å². The molecule has 0 atom stereocenters. The first kappa shape index (κ1) is 17.3. The molecule has 6 heteroatoms. The summed E-state index contributed by atoms with van der Waals surface area (Å²) in [6.07, 6.45) is 4.88. The van der Waals surface area contributed by atoms with Crippen molar-refractivity contribution in [1.82, 2.24) is 9.97 Å². The van der Waals surface area contributed by atoms with Crippen molar-refractivity contribution in [2.75, 3.05) is 7.11 Å². The van der Waals surface area contributed by atoms with Crippen LogP contribution in [-0.4, -0.2) is 22.8 Å². The van der Waals surface area contributed by atoms with Gasteiger partial charge in [0.05, 0.1) is 36.9 Å². The lowest BCUT2D eigenvalue weighted by atomic mass is 9.92. The Balaban J connectivity index is 1.81. The van der Waals surface area contributed by atoms with Gasteiger partial charge in [-0.1, -0.05) is 18.2 Å². The average molecular weight is 385 g/mol. The number of methoxy groups -OCH3 is 1. The van der Waals surface area contributed by atoms with Gasteiger partial charge in [-0.15, -0.1) is 0 Å². The molecule has 5 nitrogen and oxygen atoms in total. The Hall–Kier alpha value is -3.80. The molecule has 1 aliphatic rings. The summed E-state index contributed by atoms with van der Waals surface area (Å²) in [7, 11) is 1.52. The number of benzene rings is 2. The van der Waals surface area contributed by atoms with Gasteiger partial charge in [-0.05, 0) is 30.3 Å². The van der Waals surface area contributed by atoms with Gasteiger partial charge in [0.2, 0.25) is 0 Å². The summed E-state index contributed by atoms with van der Waals surface area (Å²) in [6.45, 7) is 0.341. The Morgan fingerprint density at radius 1 is 1.07 bits per heavy atom. The van der Waals surface area contributed by atoms with Gasteiger partial charge in [0.25, 0.3) is 0 Å². The summed E-state index contributed by atoms with van der Waals surface area (Å²) in [4.78, 5) is 13.4. The predicted octanol–water partition coefficient (Wildman–Crippen LogP) is 4.90. The number of ether oxygens (including phenoxy) is 1. The molecule has 3 heterocycles. The molecule has 4 aromatic rings. The van der Waals surface area contributed by atoms with Gasteiger partial charge in [-0.3, -0.25) is 4.99 Å². The highest BCUT2D eigenvalue weighted by Crippen LogP contribution is 2.36. The van der Waals surface area contributed by atoms with Crippen molar-refractivity contribution in [3.63, 3.8) is 0 Å². The van der Waals surface area contributed by atoms with Crippen LogP contribution in [0.15, 0.2) is 76.7 Å². The van der Waals surface area contributed by atoms with Gasteiger partial charge >= 0.3 is 0 Å². The molecule has 0 N–H and O–H groups in total. The number of furan rings is 1. The van der Waals surface area contributed by atoms with E-state index in [0.29, 0.717) is 23.6 Å². The van der Waals surface area contributed by atoms with Crippen molar-refractivity contribution in [2.45, 2.75) is 6.54 Å². The molecule has 1 aliphatic heterocycles. The largest absolute Gasteiger partial charge is 0.496 e. The van der Waals surface area contributed by atoms with Gasteiger partial charge < -0.3 is 9.15 Å². The average Bonchev–Trinajstić information content (AvgIpc) is 3.25. The third kappa shape index (κ3) is 2.89. The number of aliphatic imine (C=N–C) groups is 1. The highest BCUT2D eigenvalue weighted by molar-refractivity contribution is 6.18. The van der Waals surface area contributed by atoms with E-state index in [0.717, 1.165) is 33.7 Å². The lowest BCUT2D eigenvalue weighted by Crippen LogP contribution is -2.09. The van der Waals surface area contributed by atoms with Crippen molar-refractivity contribution in [2.24, 2.45) is 4.99 Å². The summed E-state index contributed by atoms with van der Waals surface area (Å²) in [6, 6.07) is 14.4. The van der Waals surface area contributed by atoms with Crippen LogP contribution < -0.4 is 4.74 Å². The van der Waals surface area contributed by atoms with Crippen LogP contribution in [0.25, 0.3) is 22.6 Å². The van der Waals surface area contributed by atoms with Crippen LogP contribution in [-0.2, 0) is 6.54 Å². The van der Waals surface area contributed by atoms with Gasteiger partial charge in [0, 0.05) is 28.5 Å². The maximum absolute atomic E-state index is 14.9. The maximum Gasteiger partial charge on any atom is 0.136 e. The second kappa shape index (κ2) is 6.98. The number of nitrogens with zero attached hydrogens (tertiary/aromatic N) is 3. The molecule has 5 rings (SSSR count). The predicted molar refractivity (Wildman–Crippen MR) is 107 cm³/mol. The fourth-order valence-electron chi connectivity index (χ4n) is 3.63. The number of fused-ring (bicyclic) bond motifs is 3. The molecule has 0 spiro atoms. The van der Waals surface area contributed by atoms with Crippen LogP contribution in [0.3, 0.4) is 0 Å². The second-order valence-electron chi connectivity index (χ2n) is 6.62. The Kier molecular flexibility index (Phi) is 4.17. The Morgan fingerprint density at radius 3 is 2.83 bits per heavy atom. The molecule has 29 heavy (non-hydrogen) atoms. The molecule has 0 unspecified atom stereocenters. The van der Waals surface area contributed by atoms with Crippen LogP contribution in [0.5, 0.6) is 5.75 Å². The molecule has 0 amide bonds. The minimum atomic E-state index is -0.394. The van der Waals surface area contributed by atoms with E-state index in [1.54, 1.807) is 24.6 Å². The molecular formula is C23H16FN3O2. The number of halogens is 1. The van der Waals surface area contributed by atoms with Crippen LogP contribution in [0.1, 0.15) is 16.7 Å². The Morgan fingerprint density at radius 2 is 2.00 bits per heavy atom. The van der Waals surface area contributed by atoms with Crippen molar-refractivity contribution < 1.29 is 13.5 Å². The number of aromatic nitrogens is 2. The molecule has 2 aromatic heterocycles. The smallest absolute Gasteiger partial charge is 0.136 e. The van der Waals surface area contributed by atoms with Crippen LogP contribution >= 0.6 is 0 Å². The highest BCUT2D eigenvalue weighted by Gasteiger charge is 2.25. The van der Waals surface area contributed by atoms with Gasteiger partial charge in [0.15, 0.2) is 0 Å². The summed E-state index contributed by atoms with van der Waals surface area (Å²) in [5, 5.41) is 0. The number of hydrogen-bond acceptors (Lipinski definition) is 5. The van der Waals surface area contributed by atoms with Gasteiger partial charge in [-0.2, -0.15) is 0 Å². The van der Waals surface area contributed by atoms with Gasteiger partial charge in [0.1, 0.15) is 23.7 Å². The summed E-state index contributed by atoms with van der Waals surface area (Å²) >= 11 is 0. The molecule has 0 saturated carbocycles. The lowest BCUT2D eigenvalue weighted by Gasteiger charge is -2.15. The topological polar surface area (TPSA) is 60.5 Å². The van der Waals surface area contributed by atoms with E-state index in [4.69, 9.17) is 14.1 Å². The first-order chi connectivity index (χ1) is 14.3. The molecule has 0 saturated heterocycles.